The van der Waals surface area contributed by atoms with Gasteiger partial charge in [0.1, 0.15) is 0 Å². The second-order valence-corrected chi connectivity index (χ2v) is 3.41. The molecule has 0 saturated heterocycles. The summed E-state index contributed by atoms with van der Waals surface area (Å²) in [6, 6.07) is 0. The number of hydrogen-bond donors (Lipinski definition) is 0. The lowest BCUT2D eigenvalue weighted by Gasteiger charge is -2.17. The van der Waals surface area contributed by atoms with Gasteiger partial charge in [-0.25, -0.2) is 0 Å². The maximum absolute atomic E-state index is 11.5. The maximum atomic E-state index is 11.5. The summed E-state index contributed by atoms with van der Waals surface area (Å²) in [6.45, 7) is 7.12. The summed E-state index contributed by atoms with van der Waals surface area (Å²) in [5.41, 5.74) is 0.588. The summed E-state index contributed by atoms with van der Waals surface area (Å²) >= 11 is 0. The van der Waals surface area contributed by atoms with E-state index >= 15 is 0 Å². The van der Waals surface area contributed by atoms with Gasteiger partial charge in [-0.1, -0.05) is 12.2 Å². The van der Waals surface area contributed by atoms with Gasteiger partial charge in [0.2, 0.25) is 0 Å². The molecule has 2 nitrogen and oxygen atoms in total. The molecule has 0 aromatic heterocycles. The van der Waals surface area contributed by atoms with Crippen molar-refractivity contribution in [3.63, 3.8) is 0 Å². The van der Waals surface area contributed by atoms with Crippen LogP contribution in [0.5, 0.6) is 0 Å². The Balaban J connectivity index is 2.80. The van der Waals surface area contributed by atoms with Gasteiger partial charge in [0, 0.05) is 17.9 Å². The summed E-state index contributed by atoms with van der Waals surface area (Å²) in [5, 5.41) is 0. The highest BCUT2D eigenvalue weighted by Gasteiger charge is 2.26. The third-order valence-corrected chi connectivity index (χ3v) is 2.32. The number of rotatable bonds is 4. The van der Waals surface area contributed by atoms with Gasteiger partial charge in [0.15, 0.2) is 11.6 Å². The quantitative estimate of drug-likeness (QED) is 0.637. The van der Waals surface area contributed by atoms with Gasteiger partial charge < -0.3 is 0 Å². The molecule has 2 heteroatoms. The molecular formula is C12H14O2. The molecule has 0 heterocycles. The molecule has 0 radical (unpaired) electrons. The molecular weight excluding hydrogens is 176 g/mol. The standard InChI is InChI=1S/C12H14O2/c1-3-5-9-7-12(14)10(6-4-2)8-11(9)13/h3-4,7,10H,1-2,5-6,8H2. The molecule has 74 valence electrons. The van der Waals surface area contributed by atoms with Crippen LogP contribution in [0.15, 0.2) is 37.0 Å². The zero-order chi connectivity index (χ0) is 10.6. The number of carbonyl (C=O) groups is 2. The Kier molecular flexibility index (Phi) is 3.57. The van der Waals surface area contributed by atoms with Crippen molar-refractivity contribution in [2.45, 2.75) is 19.3 Å². The van der Waals surface area contributed by atoms with E-state index in [0.717, 1.165) is 0 Å². The molecule has 0 aromatic rings. The average Bonchev–Trinajstić information content (AvgIpc) is 2.14. The monoisotopic (exact) mass is 190 g/mol. The van der Waals surface area contributed by atoms with E-state index in [1.165, 1.54) is 6.08 Å². The topological polar surface area (TPSA) is 34.1 Å². The molecule has 1 aliphatic carbocycles. The molecule has 14 heavy (non-hydrogen) atoms. The molecule has 0 saturated carbocycles. The normalized spacial score (nSPS) is 21.7. The zero-order valence-electron chi connectivity index (χ0n) is 8.16. The van der Waals surface area contributed by atoms with Crippen LogP contribution in [0.4, 0.5) is 0 Å². The highest BCUT2D eigenvalue weighted by molar-refractivity contribution is 6.09. The van der Waals surface area contributed by atoms with Gasteiger partial charge in [0.25, 0.3) is 0 Å². The van der Waals surface area contributed by atoms with Gasteiger partial charge in [-0.05, 0) is 18.9 Å². The second kappa shape index (κ2) is 4.70. The fourth-order valence-electron chi connectivity index (χ4n) is 1.55. The fourth-order valence-corrected chi connectivity index (χ4v) is 1.55. The lowest BCUT2D eigenvalue weighted by Crippen LogP contribution is -2.23. The van der Waals surface area contributed by atoms with Crippen LogP contribution in [0, 0.1) is 5.92 Å². The number of ketones is 2. The van der Waals surface area contributed by atoms with Crippen molar-refractivity contribution in [1.82, 2.24) is 0 Å². The lowest BCUT2D eigenvalue weighted by molar-refractivity contribution is -0.125. The van der Waals surface area contributed by atoms with Crippen LogP contribution in [0.25, 0.3) is 0 Å². The minimum absolute atomic E-state index is 0.0429. The van der Waals surface area contributed by atoms with Crippen LogP contribution < -0.4 is 0 Å². The van der Waals surface area contributed by atoms with Crippen molar-refractivity contribution in [3.8, 4) is 0 Å². The third kappa shape index (κ3) is 2.28. The predicted molar refractivity (Wildman–Crippen MR) is 55.8 cm³/mol. The van der Waals surface area contributed by atoms with Crippen molar-refractivity contribution in [1.29, 1.82) is 0 Å². The van der Waals surface area contributed by atoms with Crippen molar-refractivity contribution in [2.75, 3.05) is 0 Å². The highest BCUT2D eigenvalue weighted by atomic mass is 16.1. The van der Waals surface area contributed by atoms with E-state index in [-0.39, 0.29) is 17.5 Å². The van der Waals surface area contributed by atoms with E-state index in [1.54, 1.807) is 12.2 Å². The first-order valence-electron chi connectivity index (χ1n) is 4.68. The summed E-state index contributed by atoms with van der Waals surface area (Å²) in [7, 11) is 0. The maximum Gasteiger partial charge on any atom is 0.160 e. The molecule has 0 spiro atoms. The third-order valence-electron chi connectivity index (χ3n) is 2.32. The zero-order valence-corrected chi connectivity index (χ0v) is 8.16. The lowest BCUT2D eigenvalue weighted by atomic mass is 9.84. The minimum atomic E-state index is -0.187. The Morgan fingerprint density at radius 3 is 2.64 bits per heavy atom. The number of allylic oxidation sites excluding steroid dienone is 4. The van der Waals surface area contributed by atoms with Gasteiger partial charge in [-0.15, -0.1) is 13.2 Å². The fraction of sp³-hybridized carbons (Fsp3) is 0.333. The van der Waals surface area contributed by atoms with Gasteiger partial charge in [-0.3, -0.25) is 9.59 Å². The first-order chi connectivity index (χ1) is 6.69. The van der Waals surface area contributed by atoms with E-state index in [9.17, 15) is 9.59 Å². The van der Waals surface area contributed by atoms with E-state index in [1.807, 2.05) is 0 Å². The highest BCUT2D eigenvalue weighted by Crippen LogP contribution is 2.22. The first-order valence-corrected chi connectivity index (χ1v) is 4.68. The Morgan fingerprint density at radius 1 is 1.36 bits per heavy atom. The molecule has 0 fully saturated rings. The average molecular weight is 190 g/mol. The molecule has 0 amide bonds. The Labute approximate surface area is 84.0 Å². The van der Waals surface area contributed by atoms with E-state index in [2.05, 4.69) is 13.2 Å². The number of carbonyl (C=O) groups excluding carboxylic acids is 2. The molecule has 0 aromatic carbocycles. The second-order valence-electron chi connectivity index (χ2n) is 3.41. The van der Waals surface area contributed by atoms with Crippen LogP contribution in [0.2, 0.25) is 0 Å². The van der Waals surface area contributed by atoms with Crippen LogP contribution >= 0.6 is 0 Å². The molecule has 0 N–H and O–H groups in total. The summed E-state index contributed by atoms with van der Waals surface area (Å²) in [6.07, 6.45) is 6.19. The van der Waals surface area contributed by atoms with Crippen LogP contribution in [-0.4, -0.2) is 11.6 Å². The van der Waals surface area contributed by atoms with Crippen molar-refractivity contribution in [3.05, 3.63) is 37.0 Å². The smallest absolute Gasteiger partial charge is 0.160 e. The van der Waals surface area contributed by atoms with Crippen LogP contribution in [-0.2, 0) is 9.59 Å². The molecule has 1 atom stereocenters. The summed E-state index contributed by atoms with van der Waals surface area (Å²) < 4.78 is 0. The van der Waals surface area contributed by atoms with E-state index < -0.39 is 0 Å². The van der Waals surface area contributed by atoms with Crippen LogP contribution in [0.3, 0.4) is 0 Å². The molecule has 0 bridgehead atoms. The van der Waals surface area contributed by atoms with Gasteiger partial charge in [-0.2, -0.15) is 0 Å². The van der Waals surface area contributed by atoms with E-state index in [4.69, 9.17) is 0 Å². The van der Waals surface area contributed by atoms with Crippen molar-refractivity contribution >= 4 is 11.6 Å². The largest absolute Gasteiger partial charge is 0.295 e. The summed E-state index contributed by atoms with van der Waals surface area (Å²) in [5.74, 6) is -0.0775. The predicted octanol–water partition coefficient (Wildman–Crippen LogP) is 2.22. The van der Waals surface area contributed by atoms with Gasteiger partial charge >= 0.3 is 0 Å². The SMILES string of the molecule is C=CCC1=CC(=O)C(CC=C)CC1=O. The molecule has 1 rings (SSSR count). The number of Topliss-reactive ketones (excluding diaryl/α,β-unsaturated/α-hetero) is 1. The summed E-state index contributed by atoms with van der Waals surface area (Å²) in [4.78, 5) is 23.0. The van der Waals surface area contributed by atoms with Crippen molar-refractivity contribution in [2.24, 2.45) is 5.92 Å². The first kappa shape index (κ1) is 10.6. The molecule has 0 aliphatic heterocycles. The van der Waals surface area contributed by atoms with E-state index in [0.29, 0.717) is 24.8 Å². The van der Waals surface area contributed by atoms with Crippen LogP contribution in [0.1, 0.15) is 19.3 Å². The van der Waals surface area contributed by atoms with Crippen molar-refractivity contribution < 1.29 is 9.59 Å². The Bertz CT molecular complexity index is 310. The Morgan fingerprint density at radius 2 is 2.07 bits per heavy atom. The Hall–Kier alpha value is -1.44. The molecule has 1 unspecified atom stereocenters. The van der Waals surface area contributed by atoms with Gasteiger partial charge in [0.05, 0.1) is 0 Å². The number of hydrogen-bond acceptors (Lipinski definition) is 2. The molecule has 1 aliphatic rings. The minimum Gasteiger partial charge on any atom is -0.295 e.